The Morgan fingerprint density at radius 2 is 1.67 bits per heavy atom. The van der Waals surface area contributed by atoms with Gasteiger partial charge in [-0.15, -0.1) is 0 Å². The van der Waals surface area contributed by atoms with Crippen molar-refractivity contribution in [2.24, 2.45) is 0 Å². The molecular weight excluding hydrogens is 563 g/mol. The fourth-order valence-corrected chi connectivity index (χ4v) is 4.65. The van der Waals surface area contributed by atoms with Gasteiger partial charge in [-0.05, 0) is 70.2 Å². The van der Waals surface area contributed by atoms with Gasteiger partial charge in [0.15, 0.2) is 6.61 Å². The maximum Gasteiger partial charge on any atom is 0.261 e. The van der Waals surface area contributed by atoms with Crippen LogP contribution in [0.25, 0.3) is 0 Å². The Morgan fingerprint density at radius 1 is 0.944 bits per heavy atom. The Balaban J connectivity index is 1.91. The molecule has 0 saturated heterocycles. The summed E-state index contributed by atoms with van der Waals surface area (Å²) in [7, 11) is 0. The van der Waals surface area contributed by atoms with Gasteiger partial charge >= 0.3 is 0 Å². The third-order valence-electron chi connectivity index (χ3n) is 5.71. The molecule has 3 rings (SSSR count). The predicted octanol–water partition coefficient (Wildman–Crippen LogP) is 6.47. The molecule has 5 nitrogen and oxygen atoms in total. The monoisotopic (exact) mass is 590 g/mol. The zero-order valence-corrected chi connectivity index (χ0v) is 23.4. The van der Waals surface area contributed by atoms with E-state index in [-0.39, 0.29) is 25.0 Å². The smallest absolute Gasteiger partial charge is 0.261 e. The molecule has 36 heavy (non-hydrogen) atoms. The second-order valence-electron chi connectivity index (χ2n) is 8.28. The Bertz CT molecular complexity index is 1190. The summed E-state index contributed by atoms with van der Waals surface area (Å²) >= 11 is 15.9. The number of benzene rings is 3. The number of nitrogens with zero attached hydrogens (tertiary/aromatic N) is 1. The van der Waals surface area contributed by atoms with Gasteiger partial charge in [0.05, 0.1) is 14.5 Å². The van der Waals surface area contributed by atoms with E-state index in [1.807, 2.05) is 55.5 Å². The number of hydrogen-bond donors (Lipinski definition) is 1. The zero-order valence-electron chi connectivity index (χ0n) is 20.3. The molecule has 0 radical (unpaired) electrons. The number of carbonyl (C=O) groups is 2. The van der Waals surface area contributed by atoms with E-state index >= 15 is 0 Å². The third kappa shape index (κ3) is 7.73. The lowest BCUT2D eigenvalue weighted by atomic mass is 10.0. The van der Waals surface area contributed by atoms with Crippen molar-refractivity contribution in [1.82, 2.24) is 10.2 Å². The fourth-order valence-electron chi connectivity index (χ4n) is 3.78. The van der Waals surface area contributed by atoms with E-state index in [2.05, 4.69) is 28.2 Å². The molecule has 2 amide bonds. The number of carbonyl (C=O) groups excluding carboxylic acids is 2. The van der Waals surface area contributed by atoms with Crippen molar-refractivity contribution in [3.63, 3.8) is 0 Å². The van der Waals surface area contributed by atoms with Crippen LogP contribution < -0.4 is 10.1 Å². The van der Waals surface area contributed by atoms with E-state index in [0.717, 1.165) is 27.6 Å². The van der Waals surface area contributed by atoms with E-state index < -0.39 is 6.04 Å². The van der Waals surface area contributed by atoms with Crippen LogP contribution in [-0.2, 0) is 29.0 Å². The largest absolute Gasteiger partial charge is 0.483 e. The number of halogens is 3. The molecule has 3 aromatic carbocycles. The number of amides is 2. The molecule has 0 saturated carbocycles. The summed E-state index contributed by atoms with van der Waals surface area (Å²) < 4.78 is 6.66. The van der Waals surface area contributed by atoms with E-state index in [0.29, 0.717) is 28.8 Å². The molecule has 0 aliphatic heterocycles. The van der Waals surface area contributed by atoms with E-state index in [4.69, 9.17) is 27.9 Å². The summed E-state index contributed by atoms with van der Waals surface area (Å²) in [6, 6.07) is 19.8. The maximum absolute atomic E-state index is 13.6. The first-order valence-electron chi connectivity index (χ1n) is 11.8. The van der Waals surface area contributed by atoms with Crippen molar-refractivity contribution in [2.45, 2.75) is 39.3 Å². The first-order valence-corrected chi connectivity index (χ1v) is 13.3. The standard InChI is InChI=1S/C28H29BrCl2N2O3/c1-3-19-11-13-26(22(29)14-19)36-18-27(34)33(17-21-10-12-23(30)24(31)15-21)25(28(35)32-4-2)16-20-8-6-5-7-9-20/h5-15,25H,3-4,16-18H2,1-2H3,(H,32,35). The molecule has 1 atom stereocenters. The summed E-state index contributed by atoms with van der Waals surface area (Å²) in [5, 5.41) is 3.68. The average Bonchev–Trinajstić information content (AvgIpc) is 2.88. The van der Waals surface area contributed by atoms with Crippen LogP contribution >= 0.6 is 39.1 Å². The van der Waals surface area contributed by atoms with Crippen molar-refractivity contribution < 1.29 is 14.3 Å². The number of hydrogen-bond acceptors (Lipinski definition) is 3. The second kappa shape index (κ2) is 13.7. The fraction of sp³-hybridized carbons (Fsp3) is 0.286. The van der Waals surface area contributed by atoms with Crippen molar-refractivity contribution in [2.75, 3.05) is 13.2 Å². The van der Waals surface area contributed by atoms with Crippen molar-refractivity contribution >= 4 is 50.9 Å². The Morgan fingerprint density at radius 3 is 2.31 bits per heavy atom. The van der Waals surface area contributed by atoms with Gasteiger partial charge in [0.25, 0.3) is 5.91 Å². The molecule has 0 bridgehead atoms. The molecule has 0 aliphatic rings. The lowest BCUT2D eigenvalue weighted by Gasteiger charge is -2.31. The highest BCUT2D eigenvalue weighted by Gasteiger charge is 2.30. The minimum absolute atomic E-state index is 0.170. The molecule has 0 heterocycles. The van der Waals surface area contributed by atoms with Crippen LogP contribution in [0.5, 0.6) is 5.75 Å². The highest BCUT2D eigenvalue weighted by molar-refractivity contribution is 9.10. The Kier molecular flexibility index (Phi) is 10.7. The number of rotatable bonds is 11. The summed E-state index contributed by atoms with van der Waals surface area (Å²) in [4.78, 5) is 28.3. The average molecular weight is 592 g/mol. The lowest BCUT2D eigenvalue weighted by Crippen LogP contribution is -2.51. The minimum atomic E-state index is -0.746. The summed E-state index contributed by atoms with van der Waals surface area (Å²) in [6.45, 7) is 4.32. The zero-order chi connectivity index (χ0) is 26.1. The van der Waals surface area contributed by atoms with Crippen LogP contribution in [0, 0.1) is 0 Å². The predicted molar refractivity (Wildman–Crippen MR) is 149 cm³/mol. The van der Waals surface area contributed by atoms with Gasteiger partial charge < -0.3 is 15.0 Å². The molecule has 3 aromatic rings. The summed E-state index contributed by atoms with van der Waals surface area (Å²) in [6.07, 6.45) is 1.25. The number of nitrogens with one attached hydrogen (secondary N) is 1. The number of likely N-dealkylation sites (N-methyl/N-ethyl adjacent to an activating group) is 1. The summed E-state index contributed by atoms with van der Waals surface area (Å²) in [5.41, 5.74) is 2.86. The Hall–Kier alpha value is -2.54. The van der Waals surface area contributed by atoms with Crippen molar-refractivity contribution in [3.05, 3.63) is 97.9 Å². The first kappa shape index (κ1) is 28.0. The second-order valence-corrected chi connectivity index (χ2v) is 9.95. The molecule has 1 N–H and O–H groups in total. The molecule has 1 unspecified atom stereocenters. The Labute approximate surface area is 230 Å². The van der Waals surface area contributed by atoms with E-state index in [1.165, 1.54) is 0 Å². The van der Waals surface area contributed by atoms with Gasteiger partial charge in [-0.3, -0.25) is 9.59 Å². The third-order valence-corrected chi connectivity index (χ3v) is 7.07. The number of aryl methyl sites for hydroxylation is 1. The minimum Gasteiger partial charge on any atom is -0.483 e. The van der Waals surface area contributed by atoms with Gasteiger partial charge in [0.2, 0.25) is 5.91 Å². The van der Waals surface area contributed by atoms with Crippen LogP contribution in [0.15, 0.2) is 71.2 Å². The normalized spacial score (nSPS) is 11.6. The molecule has 0 aromatic heterocycles. The highest BCUT2D eigenvalue weighted by atomic mass is 79.9. The first-order chi connectivity index (χ1) is 17.3. The summed E-state index contributed by atoms with van der Waals surface area (Å²) in [5.74, 6) is 0.00984. The molecule has 0 fully saturated rings. The quantitative estimate of drug-likeness (QED) is 0.278. The molecule has 0 spiro atoms. The van der Waals surface area contributed by atoms with Crippen LogP contribution in [0.2, 0.25) is 10.0 Å². The lowest BCUT2D eigenvalue weighted by molar-refractivity contribution is -0.142. The van der Waals surface area contributed by atoms with Crippen molar-refractivity contribution in [1.29, 1.82) is 0 Å². The molecule has 190 valence electrons. The van der Waals surface area contributed by atoms with Crippen LogP contribution in [-0.4, -0.2) is 35.9 Å². The van der Waals surface area contributed by atoms with Gasteiger partial charge in [0.1, 0.15) is 11.8 Å². The highest BCUT2D eigenvalue weighted by Crippen LogP contribution is 2.27. The van der Waals surface area contributed by atoms with Gasteiger partial charge in [-0.2, -0.15) is 0 Å². The molecule has 8 heteroatoms. The van der Waals surface area contributed by atoms with Gasteiger partial charge in [-0.1, -0.05) is 72.6 Å². The maximum atomic E-state index is 13.6. The number of ether oxygens (including phenoxy) is 1. The molecular formula is C28H29BrCl2N2O3. The van der Waals surface area contributed by atoms with Crippen molar-refractivity contribution in [3.8, 4) is 5.75 Å². The van der Waals surface area contributed by atoms with Crippen LogP contribution in [0.4, 0.5) is 0 Å². The van der Waals surface area contributed by atoms with E-state index in [1.54, 1.807) is 23.1 Å². The topological polar surface area (TPSA) is 58.6 Å². The molecule has 0 aliphatic carbocycles. The van der Waals surface area contributed by atoms with Crippen LogP contribution in [0.1, 0.15) is 30.5 Å². The van der Waals surface area contributed by atoms with Gasteiger partial charge in [-0.25, -0.2) is 0 Å². The van der Waals surface area contributed by atoms with Gasteiger partial charge in [0, 0.05) is 19.5 Å². The van der Waals surface area contributed by atoms with E-state index in [9.17, 15) is 9.59 Å². The SMILES string of the molecule is CCNC(=O)C(Cc1ccccc1)N(Cc1ccc(Cl)c(Cl)c1)C(=O)COc1ccc(CC)cc1Br. The van der Waals surface area contributed by atoms with Crippen LogP contribution in [0.3, 0.4) is 0 Å².